The lowest BCUT2D eigenvalue weighted by molar-refractivity contribution is 0.0696. The molecular weight excluding hydrogens is 430 g/mol. The van der Waals surface area contributed by atoms with E-state index in [-0.39, 0.29) is 17.7 Å². The van der Waals surface area contributed by atoms with Crippen LogP contribution in [0.2, 0.25) is 0 Å². The number of benzene rings is 3. The van der Waals surface area contributed by atoms with E-state index in [0.29, 0.717) is 6.42 Å². The third kappa shape index (κ3) is 3.69. The Bertz CT molecular complexity index is 1390. The highest BCUT2D eigenvalue weighted by Gasteiger charge is 2.31. The molecule has 0 spiro atoms. The molecule has 1 aliphatic heterocycles. The number of imidazole rings is 1. The van der Waals surface area contributed by atoms with Crippen LogP contribution in [0.4, 0.5) is 10.5 Å². The van der Waals surface area contributed by atoms with Gasteiger partial charge in [-0.3, -0.25) is 9.47 Å². The lowest BCUT2D eigenvalue weighted by Gasteiger charge is -2.34. The van der Waals surface area contributed by atoms with Crippen LogP contribution in [0.25, 0.3) is 16.7 Å². The molecule has 0 bridgehead atoms. The molecule has 1 aliphatic rings. The highest BCUT2D eigenvalue weighted by molar-refractivity contribution is 5.96. The Balaban J connectivity index is 1.74. The highest BCUT2D eigenvalue weighted by atomic mass is 16.5. The van der Waals surface area contributed by atoms with E-state index in [1.165, 1.54) is 7.11 Å². The predicted octanol–water partition coefficient (Wildman–Crippen LogP) is 5.22. The minimum Gasteiger partial charge on any atom is -0.478 e. The zero-order valence-electron chi connectivity index (χ0n) is 19.1. The largest absolute Gasteiger partial charge is 0.478 e. The van der Waals surface area contributed by atoms with Crippen LogP contribution in [0.15, 0.2) is 66.7 Å². The number of methoxy groups -OCH3 is 1. The first kappa shape index (κ1) is 21.7. The third-order valence-electron chi connectivity index (χ3n) is 6.42. The number of amides is 1. The summed E-state index contributed by atoms with van der Waals surface area (Å²) in [7, 11) is 1.39. The van der Waals surface area contributed by atoms with E-state index in [4.69, 9.17) is 9.72 Å². The Morgan fingerprint density at radius 2 is 1.88 bits per heavy atom. The summed E-state index contributed by atoms with van der Waals surface area (Å²) < 4.78 is 7.07. The first-order valence-electron chi connectivity index (χ1n) is 11.3. The van der Waals surface area contributed by atoms with Crippen LogP contribution in [0.1, 0.15) is 40.7 Å². The molecule has 7 nitrogen and oxygen atoms in total. The average Bonchev–Trinajstić information content (AvgIpc) is 3.22. The van der Waals surface area contributed by atoms with Crippen LogP contribution in [0.5, 0.6) is 0 Å². The molecule has 7 heteroatoms. The number of carbonyl (C=O) groups excluding carboxylic acids is 1. The van der Waals surface area contributed by atoms with E-state index < -0.39 is 5.97 Å². The molecule has 1 N–H and O–H groups in total. The molecule has 0 saturated heterocycles. The smallest absolute Gasteiger partial charge is 0.414 e. The second-order valence-electron chi connectivity index (χ2n) is 8.54. The molecule has 1 amide bonds. The number of carboxylic acid groups (broad SMARTS) is 1. The molecule has 4 aromatic rings. The van der Waals surface area contributed by atoms with Crippen LogP contribution < -0.4 is 4.90 Å². The average molecular weight is 456 g/mol. The Kier molecular flexibility index (Phi) is 5.53. The molecule has 0 radical (unpaired) electrons. The van der Waals surface area contributed by atoms with Gasteiger partial charge in [0.2, 0.25) is 0 Å². The topological polar surface area (TPSA) is 84.7 Å². The summed E-state index contributed by atoms with van der Waals surface area (Å²) in [5.41, 5.74) is 5.58. The quantitative estimate of drug-likeness (QED) is 0.456. The van der Waals surface area contributed by atoms with Gasteiger partial charge in [0.15, 0.2) is 0 Å². The van der Waals surface area contributed by atoms with Gasteiger partial charge in [-0.15, -0.1) is 0 Å². The fourth-order valence-corrected chi connectivity index (χ4v) is 4.77. The summed E-state index contributed by atoms with van der Waals surface area (Å²) in [5, 5.41) is 9.54. The maximum absolute atomic E-state index is 12.5. The summed E-state index contributed by atoms with van der Waals surface area (Å²) >= 11 is 0. The maximum atomic E-state index is 12.5. The summed E-state index contributed by atoms with van der Waals surface area (Å²) in [6.07, 6.45) is 1.79. The number of hydrogen-bond acceptors (Lipinski definition) is 4. The Hall–Kier alpha value is -4.13. The van der Waals surface area contributed by atoms with Gasteiger partial charge in [0.25, 0.3) is 0 Å². The Morgan fingerprint density at radius 3 is 2.62 bits per heavy atom. The molecule has 0 saturated carbocycles. The van der Waals surface area contributed by atoms with E-state index in [9.17, 15) is 14.7 Å². The number of anilines is 1. The fourth-order valence-electron chi connectivity index (χ4n) is 4.77. The fraction of sp³-hybridized carbons (Fsp3) is 0.222. The highest BCUT2D eigenvalue weighted by Crippen LogP contribution is 2.37. The summed E-state index contributed by atoms with van der Waals surface area (Å²) in [6, 6.07) is 20.9. The third-order valence-corrected chi connectivity index (χ3v) is 6.42. The summed E-state index contributed by atoms with van der Waals surface area (Å²) in [5.74, 6) is -0.170. The zero-order chi connectivity index (χ0) is 23.8. The molecule has 34 heavy (non-hydrogen) atoms. The van der Waals surface area contributed by atoms with Crippen molar-refractivity contribution in [1.29, 1.82) is 0 Å². The number of aryl methyl sites for hydroxylation is 1. The number of fused-ring (bicyclic) bond motifs is 3. The molecular formula is C27H25N3O4. The number of hydrogen-bond donors (Lipinski definition) is 1. The summed E-state index contributed by atoms with van der Waals surface area (Å²) in [4.78, 5) is 30.9. The number of rotatable bonds is 4. The molecule has 0 fully saturated rings. The first-order chi connectivity index (χ1) is 16.5. The van der Waals surface area contributed by atoms with Gasteiger partial charge in [0.1, 0.15) is 5.82 Å². The lowest BCUT2D eigenvalue weighted by atomic mass is 9.96. The molecule has 2 heterocycles. The predicted molar refractivity (Wildman–Crippen MR) is 130 cm³/mol. The van der Waals surface area contributed by atoms with Crippen LogP contribution in [0, 0.1) is 0 Å². The number of carbonyl (C=O) groups is 2. The van der Waals surface area contributed by atoms with Crippen LogP contribution in [-0.4, -0.2) is 39.9 Å². The van der Waals surface area contributed by atoms with Gasteiger partial charge in [0, 0.05) is 23.7 Å². The second-order valence-corrected chi connectivity index (χ2v) is 8.54. The lowest BCUT2D eigenvalue weighted by Crippen LogP contribution is -2.42. The van der Waals surface area contributed by atoms with Gasteiger partial charge >= 0.3 is 12.1 Å². The van der Waals surface area contributed by atoms with Crippen molar-refractivity contribution >= 4 is 28.8 Å². The number of ether oxygens (including phenoxy) is 1. The van der Waals surface area contributed by atoms with Gasteiger partial charge in [-0.05, 0) is 55.7 Å². The number of nitrogens with zero attached hydrogens (tertiary/aromatic N) is 3. The van der Waals surface area contributed by atoms with Crippen LogP contribution >= 0.6 is 0 Å². The van der Waals surface area contributed by atoms with Gasteiger partial charge in [-0.25, -0.2) is 14.6 Å². The van der Waals surface area contributed by atoms with Crippen molar-refractivity contribution in [3.63, 3.8) is 0 Å². The van der Waals surface area contributed by atoms with Crippen molar-refractivity contribution in [2.24, 2.45) is 0 Å². The van der Waals surface area contributed by atoms with E-state index >= 15 is 0 Å². The minimum atomic E-state index is -0.976. The first-order valence-corrected chi connectivity index (χ1v) is 11.3. The van der Waals surface area contributed by atoms with Crippen molar-refractivity contribution in [1.82, 2.24) is 9.55 Å². The minimum absolute atomic E-state index is 0.0236. The van der Waals surface area contributed by atoms with E-state index in [2.05, 4.69) is 0 Å². The van der Waals surface area contributed by atoms with Crippen LogP contribution in [0.3, 0.4) is 0 Å². The number of aromatic carboxylic acids is 1. The maximum Gasteiger partial charge on any atom is 0.414 e. The van der Waals surface area contributed by atoms with Crippen molar-refractivity contribution in [3.05, 3.63) is 89.2 Å². The van der Waals surface area contributed by atoms with Gasteiger partial charge in [-0.2, -0.15) is 0 Å². The van der Waals surface area contributed by atoms with E-state index in [1.54, 1.807) is 23.1 Å². The number of carboxylic acids is 1. The molecule has 5 rings (SSSR count). The van der Waals surface area contributed by atoms with Crippen molar-refractivity contribution in [2.45, 2.75) is 32.2 Å². The van der Waals surface area contributed by atoms with E-state index in [1.807, 2.05) is 60.0 Å². The molecule has 172 valence electrons. The SMILES string of the molecule is COC(=O)N1c2ccc3c(nc(Cc4ccccc4)n3-c3cccc(C(=O)O)c3)c2CC[C@@H]1C. The van der Waals surface area contributed by atoms with E-state index in [0.717, 1.165) is 52.2 Å². The van der Waals surface area contributed by atoms with Crippen LogP contribution in [-0.2, 0) is 17.6 Å². The Morgan fingerprint density at radius 1 is 1.09 bits per heavy atom. The van der Waals surface area contributed by atoms with Gasteiger partial charge < -0.3 is 9.84 Å². The van der Waals surface area contributed by atoms with Crippen molar-refractivity contribution in [2.75, 3.05) is 12.0 Å². The molecule has 0 unspecified atom stereocenters. The molecule has 1 aromatic heterocycles. The van der Waals surface area contributed by atoms with Crippen molar-refractivity contribution < 1.29 is 19.4 Å². The van der Waals surface area contributed by atoms with Gasteiger partial charge in [-0.1, -0.05) is 36.4 Å². The summed E-state index contributed by atoms with van der Waals surface area (Å²) in [6.45, 7) is 2.01. The molecule has 0 aliphatic carbocycles. The zero-order valence-corrected chi connectivity index (χ0v) is 19.1. The molecule has 1 atom stereocenters. The second kappa shape index (κ2) is 8.67. The van der Waals surface area contributed by atoms with Crippen molar-refractivity contribution in [3.8, 4) is 5.69 Å². The monoisotopic (exact) mass is 455 g/mol. The van der Waals surface area contributed by atoms with Gasteiger partial charge in [0.05, 0.1) is 29.4 Å². The molecule has 3 aromatic carbocycles. The normalized spacial score (nSPS) is 15.2. The Labute approximate surface area is 197 Å². The standard InChI is InChI=1S/C27H25N3O4/c1-17-11-12-21-22(29(17)27(33)34-2)13-14-23-25(21)28-24(15-18-7-4-3-5-8-18)30(23)20-10-6-9-19(16-20)26(31)32/h3-10,13-14,16-17H,11-12,15H2,1-2H3,(H,31,32)/t17-/m0/s1. The number of aromatic nitrogens is 2.